The average molecular weight is 385 g/mol. The van der Waals surface area contributed by atoms with E-state index >= 15 is 0 Å². The third-order valence-electron chi connectivity index (χ3n) is 4.16. The number of nitrogens with zero attached hydrogens (tertiary/aromatic N) is 2. The molecule has 1 atom stereocenters. The number of benzene rings is 1. The summed E-state index contributed by atoms with van der Waals surface area (Å²) in [4.78, 5) is 35.6. The number of halogens is 2. The Morgan fingerprint density at radius 1 is 1.25 bits per heavy atom. The Labute approximate surface area is 159 Å². The van der Waals surface area contributed by atoms with E-state index in [4.69, 9.17) is 4.74 Å². The van der Waals surface area contributed by atoms with Crippen molar-refractivity contribution in [3.05, 3.63) is 81.4 Å². The Balaban J connectivity index is 1.76. The summed E-state index contributed by atoms with van der Waals surface area (Å²) in [5, 5.41) is 0. The second-order valence-electron chi connectivity index (χ2n) is 6.17. The predicted molar refractivity (Wildman–Crippen MR) is 97.4 cm³/mol. The molecule has 0 saturated heterocycles. The lowest BCUT2D eigenvalue weighted by Gasteiger charge is -2.15. The largest absolute Gasteiger partial charge is 0.457 e. The molecule has 3 aromatic rings. The van der Waals surface area contributed by atoms with Gasteiger partial charge in [0.2, 0.25) is 0 Å². The van der Waals surface area contributed by atoms with Gasteiger partial charge in [0.05, 0.1) is 6.42 Å². The second kappa shape index (κ2) is 8.08. The summed E-state index contributed by atoms with van der Waals surface area (Å²) in [7, 11) is 0. The van der Waals surface area contributed by atoms with E-state index in [1.54, 1.807) is 31.3 Å². The van der Waals surface area contributed by atoms with Crippen molar-refractivity contribution in [3.63, 3.8) is 0 Å². The zero-order valence-corrected chi connectivity index (χ0v) is 15.2. The molecule has 28 heavy (non-hydrogen) atoms. The summed E-state index contributed by atoms with van der Waals surface area (Å²) >= 11 is 0. The fourth-order valence-electron chi connectivity index (χ4n) is 2.72. The molecule has 0 aliphatic heterocycles. The fourth-order valence-corrected chi connectivity index (χ4v) is 2.72. The van der Waals surface area contributed by atoms with Gasteiger partial charge in [0.1, 0.15) is 23.4 Å². The lowest BCUT2D eigenvalue weighted by molar-refractivity contribution is -0.147. The monoisotopic (exact) mass is 385 g/mol. The molecule has 8 heteroatoms. The third-order valence-corrected chi connectivity index (χ3v) is 4.16. The summed E-state index contributed by atoms with van der Waals surface area (Å²) < 4.78 is 32.0. The minimum Gasteiger partial charge on any atom is -0.457 e. The van der Waals surface area contributed by atoms with E-state index in [1.165, 1.54) is 13.0 Å². The summed E-state index contributed by atoms with van der Waals surface area (Å²) in [5.41, 5.74) is 0.574. The number of hydrogen-bond acceptors (Lipinski definition) is 5. The van der Waals surface area contributed by atoms with Crippen LogP contribution in [0, 0.1) is 18.6 Å². The fraction of sp³-hybridized carbons (Fsp3) is 0.200. The van der Waals surface area contributed by atoms with Gasteiger partial charge in [0, 0.05) is 29.1 Å². The summed E-state index contributed by atoms with van der Waals surface area (Å²) in [6.45, 7) is 3.07. The molecule has 0 spiro atoms. The quantitative estimate of drug-likeness (QED) is 0.682. The number of hydrogen-bond donors (Lipinski definition) is 1. The van der Waals surface area contributed by atoms with E-state index in [-0.39, 0.29) is 17.5 Å². The Morgan fingerprint density at radius 3 is 2.68 bits per heavy atom. The standard InChI is InChI=1S/C20H17F2N3O3/c1-11-15(20(27)25-19(24-11)17-5-3-4-8-23-17)10-18(26)28-12(2)14-7-6-13(21)9-16(14)22/h3-9,12H,10H2,1-2H3,(H,24,25,27)/t12-/m1/s1. The van der Waals surface area contributed by atoms with Crippen LogP contribution in [0.2, 0.25) is 0 Å². The van der Waals surface area contributed by atoms with Crippen molar-refractivity contribution < 1.29 is 18.3 Å². The van der Waals surface area contributed by atoms with Gasteiger partial charge in [-0.05, 0) is 38.1 Å². The molecular formula is C20H17F2N3O3. The minimum absolute atomic E-state index is 0.0454. The van der Waals surface area contributed by atoms with Crippen LogP contribution >= 0.6 is 0 Å². The van der Waals surface area contributed by atoms with Crippen LogP contribution < -0.4 is 5.56 Å². The molecule has 144 valence electrons. The third kappa shape index (κ3) is 4.28. The van der Waals surface area contributed by atoms with E-state index in [1.807, 2.05) is 0 Å². The zero-order valence-electron chi connectivity index (χ0n) is 15.2. The van der Waals surface area contributed by atoms with Gasteiger partial charge in [-0.15, -0.1) is 0 Å². The van der Waals surface area contributed by atoms with E-state index in [9.17, 15) is 18.4 Å². The summed E-state index contributed by atoms with van der Waals surface area (Å²) in [6, 6.07) is 8.21. The Bertz CT molecular complexity index is 1070. The van der Waals surface area contributed by atoms with E-state index in [0.29, 0.717) is 17.2 Å². The van der Waals surface area contributed by atoms with Gasteiger partial charge < -0.3 is 9.72 Å². The topological polar surface area (TPSA) is 84.9 Å². The molecule has 1 N–H and O–H groups in total. The SMILES string of the molecule is Cc1nc(-c2ccccn2)[nH]c(=O)c1CC(=O)O[C@H](C)c1ccc(F)cc1F. The Kier molecular flexibility index (Phi) is 5.58. The molecule has 0 aliphatic rings. The van der Waals surface area contributed by atoms with Crippen LogP contribution in [0.3, 0.4) is 0 Å². The highest BCUT2D eigenvalue weighted by atomic mass is 19.1. The summed E-state index contributed by atoms with van der Waals surface area (Å²) in [6.07, 6.45) is 0.309. The number of aromatic nitrogens is 3. The van der Waals surface area contributed by atoms with Crippen LogP contribution in [-0.4, -0.2) is 20.9 Å². The Hall–Kier alpha value is -3.42. The van der Waals surface area contributed by atoms with Crippen LogP contribution in [0.15, 0.2) is 47.4 Å². The average Bonchev–Trinajstić information content (AvgIpc) is 2.65. The van der Waals surface area contributed by atoms with Gasteiger partial charge in [-0.1, -0.05) is 6.07 Å². The lowest BCUT2D eigenvalue weighted by atomic mass is 10.1. The number of rotatable bonds is 5. The minimum atomic E-state index is -0.937. The van der Waals surface area contributed by atoms with E-state index in [2.05, 4.69) is 15.0 Å². The Morgan fingerprint density at radius 2 is 2.04 bits per heavy atom. The summed E-state index contributed by atoms with van der Waals surface area (Å²) in [5.74, 6) is -1.96. The van der Waals surface area contributed by atoms with E-state index in [0.717, 1.165) is 12.1 Å². The number of aryl methyl sites for hydroxylation is 1. The van der Waals surface area contributed by atoms with Gasteiger partial charge in [-0.3, -0.25) is 14.6 Å². The van der Waals surface area contributed by atoms with Crippen molar-refractivity contribution in [1.82, 2.24) is 15.0 Å². The molecule has 0 radical (unpaired) electrons. The maximum atomic E-state index is 13.8. The molecule has 0 aliphatic carbocycles. The van der Waals surface area contributed by atoms with Crippen molar-refractivity contribution in [3.8, 4) is 11.5 Å². The van der Waals surface area contributed by atoms with Crippen LogP contribution in [0.5, 0.6) is 0 Å². The molecular weight excluding hydrogens is 368 g/mol. The molecule has 6 nitrogen and oxygen atoms in total. The number of esters is 1. The number of carbonyl (C=O) groups excluding carboxylic acids is 1. The molecule has 0 amide bonds. The highest BCUT2D eigenvalue weighted by Gasteiger charge is 2.19. The normalized spacial score (nSPS) is 11.9. The van der Waals surface area contributed by atoms with Crippen LogP contribution in [-0.2, 0) is 16.0 Å². The van der Waals surface area contributed by atoms with Crippen LogP contribution in [0.4, 0.5) is 8.78 Å². The van der Waals surface area contributed by atoms with Gasteiger partial charge in [0.15, 0.2) is 5.82 Å². The van der Waals surface area contributed by atoms with Gasteiger partial charge in [-0.2, -0.15) is 0 Å². The van der Waals surface area contributed by atoms with Crippen molar-refractivity contribution in [2.45, 2.75) is 26.4 Å². The van der Waals surface area contributed by atoms with Crippen LogP contribution in [0.25, 0.3) is 11.5 Å². The highest BCUT2D eigenvalue weighted by molar-refractivity contribution is 5.73. The van der Waals surface area contributed by atoms with Gasteiger partial charge in [0.25, 0.3) is 5.56 Å². The smallest absolute Gasteiger partial charge is 0.311 e. The first-order valence-electron chi connectivity index (χ1n) is 8.50. The zero-order chi connectivity index (χ0) is 20.3. The maximum absolute atomic E-state index is 13.8. The second-order valence-corrected chi connectivity index (χ2v) is 6.17. The molecule has 0 unspecified atom stereocenters. The highest BCUT2D eigenvalue weighted by Crippen LogP contribution is 2.21. The van der Waals surface area contributed by atoms with Crippen molar-refractivity contribution in [2.24, 2.45) is 0 Å². The number of pyridine rings is 1. The lowest BCUT2D eigenvalue weighted by Crippen LogP contribution is -2.22. The molecule has 2 heterocycles. The first-order chi connectivity index (χ1) is 13.3. The number of ether oxygens (including phenoxy) is 1. The van der Waals surface area contributed by atoms with Crippen molar-refractivity contribution in [1.29, 1.82) is 0 Å². The molecule has 1 aromatic carbocycles. The molecule has 3 rings (SSSR count). The number of aromatic amines is 1. The number of nitrogens with one attached hydrogen (secondary N) is 1. The predicted octanol–water partition coefficient (Wildman–Crippen LogP) is 3.27. The first kappa shape index (κ1) is 19.3. The van der Waals surface area contributed by atoms with Gasteiger partial charge in [-0.25, -0.2) is 13.8 Å². The first-order valence-corrected chi connectivity index (χ1v) is 8.50. The maximum Gasteiger partial charge on any atom is 0.311 e. The molecule has 0 fully saturated rings. The molecule has 0 bridgehead atoms. The van der Waals surface area contributed by atoms with E-state index < -0.39 is 29.3 Å². The molecule has 2 aromatic heterocycles. The van der Waals surface area contributed by atoms with Crippen molar-refractivity contribution >= 4 is 5.97 Å². The van der Waals surface area contributed by atoms with Gasteiger partial charge >= 0.3 is 5.97 Å². The van der Waals surface area contributed by atoms with Crippen LogP contribution in [0.1, 0.15) is 29.8 Å². The van der Waals surface area contributed by atoms with Crippen molar-refractivity contribution in [2.75, 3.05) is 0 Å². The number of H-pyrrole nitrogens is 1. The molecule has 0 saturated carbocycles. The number of carbonyl (C=O) groups is 1.